The molecule has 0 fully saturated rings. The first-order valence-electron chi connectivity index (χ1n) is 7.10. The lowest BCUT2D eigenvalue weighted by Gasteiger charge is -2.05. The van der Waals surface area contributed by atoms with Crippen LogP contribution >= 0.6 is 22.6 Å². The Morgan fingerprint density at radius 1 is 1.21 bits per heavy atom. The fourth-order valence-electron chi connectivity index (χ4n) is 2.01. The Morgan fingerprint density at radius 2 is 2.00 bits per heavy atom. The Kier molecular flexibility index (Phi) is 8.88. The number of benzene rings is 1. The summed E-state index contributed by atoms with van der Waals surface area (Å²) in [6, 6.07) is 8.37. The van der Waals surface area contributed by atoms with Gasteiger partial charge in [-0.15, -0.1) is 0 Å². The summed E-state index contributed by atoms with van der Waals surface area (Å²) in [4.78, 5) is 11.7. The molecule has 0 radical (unpaired) electrons. The van der Waals surface area contributed by atoms with Crippen molar-refractivity contribution in [1.82, 2.24) is 5.32 Å². The highest BCUT2D eigenvalue weighted by Gasteiger charge is 2.01. The second-order valence-electron chi connectivity index (χ2n) is 4.94. The predicted octanol–water partition coefficient (Wildman–Crippen LogP) is 4.04. The molecule has 0 saturated heterocycles. The Bertz CT molecular complexity index is 379. The fourth-order valence-corrected chi connectivity index (χ4v) is 2.55. The number of nitrogens with one attached hydrogen (secondary N) is 1. The van der Waals surface area contributed by atoms with Crippen LogP contribution in [0.2, 0.25) is 0 Å². The number of unbranched alkanes of at least 4 members (excludes halogenated alkanes) is 3. The van der Waals surface area contributed by atoms with Gasteiger partial charge in [0.05, 0.1) is 0 Å². The van der Waals surface area contributed by atoms with Gasteiger partial charge in [-0.25, -0.2) is 0 Å². The van der Waals surface area contributed by atoms with E-state index in [-0.39, 0.29) is 5.91 Å². The molecule has 106 valence electrons. The van der Waals surface area contributed by atoms with E-state index in [4.69, 9.17) is 0 Å². The lowest BCUT2D eigenvalue weighted by atomic mass is 10.1. The van der Waals surface area contributed by atoms with Crippen LogP contribution in [0.5, 0.6) is 0 Å². The highest BCUT2D eigenvalue weighted by atomic mass is 127. The first-order chi connectivity index (χ1) is 9.22. The minimum Gasteiger partial charge on any atom is -0.356 e. The summed E-state index contributed by atoms with van der Waals surface area (Å²) >= 11 is 2.41. The minimum atomic E-state index is 0.176. The van der Waals surface area contributed by atoms with Gasteiger partial charge in [0, 0.05) is 13.0 Å². The van der Waals surface area contributed by atoms with Gasteiger partial charge in [-0.2, -0.15) is 0 Å². The van der Waals surface area contributed by atoms with E-state index in [1.165, 1.54) is 34.8 Å². The van der Waals surface area contributed by atoms with Crippen molar-refractivity contribution >= 4 is 28.5 Å². The van der Waals surface area contributed by atoms with Crippen LogP contribution in [0.3, 0.4) is 0 Å². The van der Waals surface area contributed by atoms with Crippen LogP contribution < -0.4 is 5.32 Å². The molecule has 3 heteroatoms. The maximum Gasteiger partial charge on any atom is 0.220 e. The van der Waals surface area contributed by atoms with Crippen LogP contribution in [-0.4, -0.2) is 16.9 Å². The zero-order chi connectivity index (χ0) is 13.9. The summed E-state index contributed by atoms with van der Waals surface area (Å²) in [6.07, 6.45) is 6.33. The zero-order valence-electron chi connectivity index (χ0n) is 11.8. The van der Waals surface area contributed by atoms with Crippen molar-refractivity contribution in [3.8, 4) is 0 Å². The van der Waals surface area contributed by atoms with Gasteiger partial charge >= 0.3 is 0 Å². The molecule has 0 spiro atoms. The summed E-state index contributed by atoms with van der Waals surface area (Å²) < 4.78 is 1.24. The van der Waals surface area contributed by atoms with Crippen molar-refractivity contribution in [2.45, 2.75) is 45.4 Å². The highest BCUT2D eigenvalue weighted by Crippen LogP contribution is 2.06. The number of amides is 1. The van der Waals surface area contributed by atoms with Crippen molar-refractivity contribution in [1.29, 1.82) is 0 Å². The van der Waals surface area contributed by atoms with Gasteiger partial charge in [0.2, 0.25) is 5.91 Å². The molecule has 0 saturated carbocycles. The lowest BCUT2D eigenvalue weighted by Crippen LogP contribution is -2.24. The monoisotopic (exact) mass is 373 g/mol. The van der Waals surface area contributed by atoms with Gasteiger partial charge in [-0.3, -0.25) is 4.79 Å². The van der Waals surface area contributed by atoms with Crippen LogP contribution in [0.1, 0.15) is 43.2 Å². The smallest absolute Gasteiger partial charge is 0.220 e. The van der Waals surface area contributed by atoms with Gasteiger partial charge in [-0.05, 0) is 36.2 Å². The van der Waals surface area contributed by atoms with Crippen molar-refractivity contribution in [3.05, 3.63) is 35.4 Å². The van der Waals surface area contributed by atoms with Gasteiger partial charge in [0.15, 0.2) is 0 Å². The van der Waals surface area contributed by atoms with E-state index in [9.17, 15) is 4.79 Å². The molecule has 1 aromatic rings. The predicted molar refractivity (Wildman–Crippen MR) is 89.9 cm³/mol. The molecule has 0 aromatic heterocycles. The van der Waals surface area contributed by atoms with Crippen molar-refractivity contribution < 1.29 is 4.79 Å². The lowest BCUT2D eigenvalue weighted by molar-refractivity contribution is -0.121. The first-order valence-corrected chi connectivity index (χ1v) is 8.63. The first kappa shape index (κ1) is 16.5. The maximum atomic E-state index is 11.7. The Balaban J connectivity index is 2.08. The number of carbonyl (C=O) groups is 1. The summed E-state index contributed by atoms with van der Waals surface area (Å²) in [6.45, 7) is 2.91. The molecule has 0 bridgehead atoms. The van der Waals surface area contributed by atoms with Gasteiger partial charge < -0.3 is 5.32 Å². The normalized spacial score (nSPS) is 10.4. The number of aryl methyl sites for hydroxylation is 2. The van der Waals surface area contributed by atoms with Gasteiger partial charge in [0.25, 0.3) is 0 Å². The molecule has 0 unspecified atom stereocenters. The average Bonchev–Trinajstić information content (AvgIpc) is 2.40. The number of hydrogen-bond acceptors (Lipinski definition) is 1. The molecule has 1 N–H and O–H groups in total. The second kappa shape index (κ2) is 10.2. The van der Waals surface area contributed by atoms with Crippen LogP contribution in [0.25, 0.3) is 0 Å². The number of hydrogen-bond donors (Lipinski definition) is 1. The summed E-state index contributed by atoms with van der Waals surface area (Å²) in [7, 11) is 0. The third-order valence-electron chi connectivity index (χ3n) is 3.11. The van der Waals surface area contributed by atoms with Crippen LogP contribution in [0.15, 0.2) is 24.3 Å². The van der Waals surface area contributed by atoms with Gasteiger partial charge in [-0.1, -0.05) is 65.3 Å². The second-order valence-corrected chi connectivity index (χ2v) is 6.02. The maximum absolute atomic E-state index is 11.7. The van der Waals surface area contributed by atoms with E-state index in [0.29, 0.717) is 6.42 Å². The Hall–Kier alpha value is -0.580. The zero-order valence-corrected chi connectivity index (χ0v) is 13.9. The van der Waals surface area contributed by atoms with Crippen molar-refractivity contribution in [3.63, 3.8) is 0 Å². The molecule has 0 aliphatic carbocycles. The molecule has 1 amide bonds. The highest BCUT2D eigenvalue weighted by molar-refractivity contribution is 14.1. The van der Waals surface area contributed by atoms with E-state index in [0.717, 1.165) is 19.4 Å². The van der Waals surface area contributed by atoms with E-state index in [2.05, 4.69) is 59.1 Å². The number of alkyl halides is 1. The van der Waals surface area contributed by atoms with Crippen LogP contribution in [-0.2, 0) is 11.2 Å². The quantitative estimate of drug-likeness (QED) is 0.395. The molecule has 0 aliphatic heterocycles. The molecule has 0 aliphatic rings. The van der Waals surface area contributed by atoms with E-state index < -0.39 is 0 Å². The van der Waals surface area contributed by atoms with Gasteiger partial charge in [0.1, 0.15) is 0 Å². The summed E-state index contributed by atoms with van der Waals surface area (Å²) in [5, 5.41) is 3.00. The van der Waals surface area contributed by atoms with Crippen LogP contribution in [0, 0.1) is 6.92 Å². The molecule has 2 nitrogen and oxygen atoms in total. The number of rotatable bonds is 9. The van der Waals surface area contributed by atoms with E-state index in [1.807, 2.05) is 0 Å². The molecular weight excluding hydrogens is 349 g/mol. The molecule has 0 heterocycles. The minimum absolute atomic E-state index is 0.176. The van der Waals surface area contributed by atoms with E-state index >= 15 is 0 Å². The topological polar surface area (TPSA) is 29.1 Å². The standard InChI is InChI=1S/C16H24INO/c1-14-7-6-8-15(13-14)9-10-16(19)18-12-5-3-2-4-11-17/h6-8,13H,2-5,9-12H2,1H3,(H,18,19). The number of carbonyl (C=O) groups excluding carboxylic acids is 1. The SMILES string of the molecule is Cc1cccc(CCC(=O)NCCCCCCI)c1. The average molecular weight is 373 g/mol. The third kappa shape index (κ3) is 8.24. The van der Waals surface area contributed by atoms with Crippen LogP contribution in [0.4, 0.5) is 0 Å². The molecule has 1 aromatic carbocycles. The molecular formula is C16H24INO. The van der Waals surface area contributed by atoms with E-state index in [1.54, 1.807) is 0 Å². The molecule has 19 heavy (non-hydrogen) atoms. The molecule has 0 atom stereocenters. The largest absolute Gasteiger partial charge is 0.356 e. The molecule has 1 rings (SSSR count). The Labute approximate surface area is 130 Å². The third-order valence-corrected chi connectivity index (χ3v) is 3.87. The number of halogens is 1. The summed E-state index contributed by atoms with van der Waals surface area (Å²) in [5.41, 5.74) is 2.50. The van der Waals surface area contributed by atoms with Crippen molar-refractivity contribution in [2.75, 3.05) is 11.0 Å². The summed E-state index contributed by atoms with van der Waals surface area (Å²) in [5.74, 6) is 0.176. The Morgan fingerprint density at radius 3 is 2.74 bits per heavy atom. The van der Waals surface area contributed by atoms with Crippen molar-refractivity contribution in [2.24, 2.45) is 0 Å². The fraction of sp³-hybridized carbons (Fsp3) is 0.562.